The summed E-state index contributed by atoms with van der Waals surface area (Å²) >= 11 is 3.31. The van der Waals surface area contributed by atoms with Gasteiger partial charge in [0.1, 0.15) is 0 Å². The van der Waals surface area contributed by atoms with Gasteiger partial charge in [-0.25, -0.2) is 4.98 Å². The molecule has 3 aromatic rings. The van der Waals surface area contributed by atoms with Crippen LogP contribution in [0.3, 0.4) is 0 Å². The van der Waals surface area contributed by atoms with Gasteiger partial charge < -0.3 is 4.52 Å². The first-order chi connectivity index (χ1) is 12.4. The number of nitrogens with one attached hydrogen (secondary N) is 2. The Morgan fingerprint density at radius 3 is 2.42 bits per heavy atom. The quantitative estimate of drug-likeness (QED) is 0.636. The van der Waals surface area contributed by atoms with Crippen molar-refractivity contribution in [1.82, 2.24) is 21.0 Å². The number of amides is 2. The maximum absolute atomic E-state index is 12.6. The Hall–Kier alpha value is -2.74. The van der Waals surface area contributed by atoms with Crippen molar-refractivity contribution in [3.05, 3.63) is 57.3 Å². The predicted molar refractivity (Wildman–Crippen MR) is 99.7 cm³/mol. The zero-order valence-corrected chi connectivity index (χ0v) is 16.0. The Morgan fingerprint density at radius 2 is 1.77 bits per heavy atom. The number of benzene rings is 1. The molecule has 0 saturated carbocycles. The first-order valence-electron chi connectivity index (χ1n) is 8.00. The summed E-state index contributed by atoms with van der Waals surface area (Å²) in [6, 6.07) is 8.49. The maximum atomic E-state index is 12.6. The van der Waals surface area contributed by atoms with Gasteiger partial charge in [-0.15, -0.1) is 0 Å². The monoisotopic (exact) mass is 416 g/mol. The third-order valence-corrected chi connectivity index (χ3v) is 4.40. The van der Waals surface area contributed by atoms with Gasteiger partial charge in [-0.3, -0.25) is 20.4 Å². The van der Waals surface area contributed by atoms with Gasteiger partial charge in [0.25, 0.3) is 17.5 Å². The van der Waals surface area contributed by atoms with Gasteiger partial charge >= 0.3 is 0 Å². The number of hydrogen-bond acceptors (Lipinski definition) is 5. The van der Waals surface area contributed by atoms with Crippen LogP contribution in [0.1, 0.15) is 51.9 Å². The lowest BCUT2D eigenvalue weighted by atomic mass is 10.0. The van der Waals surface area contributed by atoms with Crippen molar-refractivity contribution in [2.24, 2.45) is 0 Å². The molecule has 7 nitrogen and oxygen atoms in total. The minimum atomic E-state index is -0.462. The second-order valence-corrected chi connectivity index (χ2v) is 7.03. The number of carbonyl (C=O) groups excluding carboxylic acids is 2. The van der Waals surface area contributed by atoms with Gasteiger partial charge in [0, 0.05) is 15.7 Å². The molecule has 0 aliphatic carbocycles. The third kappa shape index (κ3) is 3.60. The van der Waals surface area contributed by atoms with Crippen molar-refractivity contribution in [3.63, 3.8) is 0 Å². The fraction of sp³-hybridized carbons (Fsp3) is 0.222. The summed E-state index contributed by atoms with van der Waals surface area (Å²) < 4.78 is 6.07. The van der Waals surface area contributed by atoms with Gasteiger partial charge in [0.2, 0.25) is 0 Å². The average Bonchev–Trinajstić information content (AvgIpc) is 3.00. The van der Waals surface area contributed by atoms with Crippen LogP contribution >= 0.6 is 15.9 Å². The maximum Gasteiger partial charge on any atom is 0.270 e. The Labute approximate surface area is 158 Å². The summed E-state index contributed by atoms with van der Waals surface area (Å²) in [6.45, 7) is 5.67. The molecule has 2 heterocycles. The fourth-order valence-electron chi connectivity index (χ4n) is 2.44. The summed E-state index contributed by atoms with van der Waals surface area (Å²) in [4.78, 5) is 29.2. The van der Waals surface area contributed by atoms with E-state index in [0.717, 1.165) is 4.47 Å². The molecular formula is C18H17BrN4O3. The number of nitrogens with zero attached hydrogens (tertiary/aromatic N) is 2. The van der Waals surface area contributed by atoms with Gasteiger partial charge in [0.15, 0.2) is 0 Å². The van der Waals surface area contributed by atoms with Gasteiger partial charge in [0.05, 0.1) is 16.6 Å². The number of pyridine rings is 1. The van der Waals surface area contributed by atoms with Crippen molar-refractivity contribution in [2.75, 3.05) is 0 Å². The lowest BCUT2D eigenvalue weighted by Gasteiger charge is -2.10. The van der Waals surface area contributed by atoms with Gasteiger partial charge in [-0.1, -0.05) is 34.9 Å². The topological polar surface area (TPSA) is 97.1 Å². The van der Waals surface area contributed by atoms with Crippen LogP contribution in [0.15, 0.2) is 39.3 Å². The number of carbonyl (C=O) groups is 2. The van der Waals surface area contributed by atoms with Crippen molar-refractivity contribution in [1.29, 1.82) is 0 Å². The average molecular weight is 417 g/mol. The molecule has 0 aliphatic rings. The molecule has 0 saturated heterocycles. The van der Waals surface area contributed by atoms with Crippen LogP contribution in [0.5, 0.6) is 0 Å². The lowest BCUT2D eigenvalue weighted by molar-refractivity contribution is 0.0847. The Kier molecular flexibility index (Phi) is 5.03. The number of aryl methyl sites for hydroxylation is 1. The molecule has 3 rings (SSSR count). The Bertz CT molecular complexity index is 980. The van der Waals surface area contributed by atoms with Crippen molar-refractivity contribution in [2.45, 2.75) is 26.7 Å². The van der Waals surface area contributed by atoms with Crippen LogP contribution in [-0.4, -0.2) is 22.0 Å². The lowest BCUT2D eigenvalue weighted by Crippen LogP contribution is -2.41. The summed E-state index contributed by atoms with van der Waals surface area (Å²) in [6.07, 6.45) is 0. The fourth-order valence-corrected chi connectivity index (χ4v) is 2.71. The van der Waals surface area contributed by atoms with E-state index >= 15 is 0 Å². The van der Waals surface area contributed by atoms with E-state index in [4.69, 9.17) is 4.52 Å². The summed E-state index contributed by atoms with van der Waals surface area (Å²) in [5.74, 6) is -0.771. The van der Waals surface area contributed by atoms with Crippen LogP contribution in [-0.2, 0) is 0 Å². The summed E-state index contributed by atoms with van der Waals surface area (Å²) in [7, 11) is 0. The third-order valence-electron chi connectivity index (χ3n) is 3.87. The Morgan fingerprint density at radius 1 is 1.12 bits per heavy atom. The molecule has 2 N–H and O–H groups in total. The number of rotatable bonds is 3. The minimum Gasteiger partial charge on any atom is -0.336 e. The highest BCUT2D eigenvalue weighted by Gasteiger charge is 2.20. The molecular weight excluding hydrogens is 400 g/mol. The molecule has 0 bridgehead atoms. The molecule has 0 aliphatic heterocycles. The molecule has 0 spiro atoms. The van der Waals surface area contributed by atoms with Crippen LogP contribution in [0.25, 0.3) is 11.1 Å². The Balaban J connectivity index is 1.84. The number of hydrazine groups is 1. The molecule has 2 aromatic heterocycles. The zero-order chi connectivity index (χ0) is 18.8. The predicted octanol–water partition coefficient (Wildman–Crippen LogP) is 3.49. The largest absolute Gasteiger partial charge is 0.336 e. The van der Waals surface area contributed by atoms with E-state index in [1.165, 1.54) is 0 Å². The van der Waals surface area contributed by atoms with E-state index in [2.05, 4.69) is 36.9 Å². The van der Waals surface area contributed by atoms with Crippen LogP contribution in [0.4, 0.5) is 0 Å². The highest BCUT2D eigenvalue weighted by Crippen LogP contribution is 2.24. The van der Waals surface area contributed by atoms with E-state index in [1.807, 2.05) is 13.8 Å². The van der Waals surface area contributed by atoms with E-state index in [-0.39, 0.29) is 5.92 Å². The van der Waals surface area contributed by atoms with E-state index < -0.39 is 11.8 Å². The van der Waals surface area contributed by atoms with E-state index in [1.54, 1.807) is 37.3 Å². The molecule has 26 heavy (non-hydrogen) atoms. The first-order valence-corrected chi connectivity index (χ1v) is 8.79. The minimum absolute atomic E-state index is 0.105. The van der Waals surface area contributed by atoms with Crippen LogP contribution in [0, 0.1) is 6.92 Å². The molecule has 0 unspecified atom stereocenters. The molecule has 1 aromatic carbocycles. The molecule has 8 heteroatoms. The smallest absolute Gasteiger partial charge is 0.270 e. The second kappa shape index (κ2) is 7.25. The van der Waals surface area contributed by atoms with Gasteiger partial charge in [-0.2, -0.15) is 0 Å². The van der Waals surface area contributed by atoms with E-state index in [9.17, 15) is 9.59 Å². The summed E-state index contributed by atoms with van der Waals surface area (Å²) in [5.41, 5.74) is 7.21. The van der Waals surface area contributed by atoms with E-state index in [0.29, 0.717) is 33.6 Å². The van der Waals surface area contributed by atoms with Crippen LogP contribution < -0.4 is 10.9 Å². The molecule has 0 radical (unpaired) electrons. The number of fused-ring (bicyclic) bond motifs is 1. The molecule has 0 fully saturated rings. The van der Waals surface area contributed by atoms with Crippen molar-refractivity contribution < 1.29 is 14.1 Å². The molecule has 134 valence electrons. The SMILES string of the molecule is Cc1noc2nc(C(C)C)cc(C(=O)NNC(=O)c3ccc(Br)cc3)c12. The van der Waals surface area contributed by atoms with Crippen molar-refractivity contribution >= 4 is 38.8 Å². The highest BCUT2D eigenvalue weighted by molar-refractivity contribution is 9.10. The molecule has 0 atom stereocenters. The highest BCUT2D eigenvalue weighted by atomic mass is 79.9. The number of halogens is 1. The number of hydrogen-bond donors (Lipinski definition) is 2. The number of aromatic nitrogens is 2. The zero-order valence-electron chi connectivity index (χ0n) is 14.5. The van der Waals surface area contributed by atoms with Crippen LogP contribution in [0.2, 0.25) is 0 Å². The standard InChI is InChI=1S/C18H17BrN4O3/c1-9(2)14-8-13(15-10(3)23-26-18(15)20-14)17(25)22-21-16(24)11-4-6-12(19)7-5-11/h4-9H,1-3H3,(H,21,24)(H,22,25). The normalized spacial score (nSPS) is 11.0. The second-order valence-electron chi connectivity index (χ2n) is 6.11. The first kappa shape index (κ1) is 18.1. The van der Waals surface area contributed by atoms with Gasteiger partial charge in [-0.05, 0) is 43.2 Å². The molecule has 2 amide bonds. The summed E-state index contributed by atoms with van der Waals surface area (Å²) in [5, 5.41) is 4.41. The van der Waals surface area contributed by atoms with Crippen molar-refractivity contribution in [3.8, 4) is 0 Å².